The molecule has 0 aliphatic rings. The van der Waals surface area contributed by atoms with Crippen molar-refractivity contribution >= 4 is 17.2 Å². The third-order valence-corrected chi connectivity index (χ3v) is 5.43. The predicted octanol–water partition coefficient (Wildman–Crippen LogP) is 5.90. The van der Waals surface area contributed by atoms with E-state index in [-0.39, 0.29) is 5.75 Å². The molecule has 160 valence electrons. The quantitative estimate of drug-likeness (QED) is 0.409. The van der Waals surface area contributed by atoms with E-state index < -0.39 is 0 Å². The number of phenolic OH excluding ortho intramolecular Hbond substituents is 1. The highest BCUT2D eigenvalue weighted by Crippen LogP contribution is 2.42. The fraction of sp³-hybridized carbons (Fsp3) is 0.240. The van der Waals surface area contributed by atoms with Crippen molar-refractivity contribution in [3.63, 3.8) is 0 Å². The van der Waals surface area contributed by atoms with Gasteiger partial charge in [0.05, 0.1) is 14.2 Å². The van der Waals surface area contributed by atoms with Gasteiger partial charge in [-0.05, 0) is 54.8 Å². The van der Waals surface area contributed by atoms with E-state index in [1.54, 1.807) is 12.1 Å². The molecule has 6 heteroatoms. The molecule has 0 saturated heterocycles. The van der Waals surface area contributed by atoms with Crippen LogP contribution in [0.4, 0.5) is 11.5 Å². The third kappa shape index (κ3) is 3.77. The average molecular weight is 418 g/mol. The normalized spacial score (nSPS) is 11.2. The fourth-order valence-corrected chi connectivity index (χ4v) is 3.69. The summed E-state index contributed by atoms with van der Waals surface area (Å²) in [6.07, 6.45) is 0. The second kappa shape index (κ2) is 8.22. The van der Waals surface area contributed by atoms with Crippen LogP contribution in [-0.4, -0.2) is 28.7 Å². The summed E-state index contributed by atoms with van der Waals surface area (Å²) < 4.78 is 12.8. The number of methoxy groups -OCH3 is 2. The van der Waals surface area contributed by atoms with Crippen LogP contribution in [0.3, 0.4) is 0 Å². The number of anilines is 2. The van der Waals surface area contributed by atoms with Gasteiger partial charge in [0.25, 0.3) is 0 Å². The molecule has 0 bridgehead atoms. The molecule has 0 spiro atoms. The molecular weight excluding hydrogens is 390 g/mol. The van der Waals surface area contributed by atoms with Gasteiger partial charge in [-0.25, -0.2) is 4.98 Å². The predicted molar refractivity (Wildman–Crippen MR) is 124 cm³/mol. The molecule has 31 heavy (non-hydrogen) atoms. The minimum Gasteiger partial charge on any atom is -0.502 e. The zero-order valence-electron chi connectivity index (χ0n) is 18.4. The number of nitrogens with one attached hydrogen (secondary N) is 1. The monoisotopic (exact) mass is 417 g/mol. The number of benzene rings is 2. The second-order valence-electron chi connectivity index (χ2n) is 7.80. The Morgan fingerprint density at radius 3 is 2.19 bits per heavy atom. The Balaban J connectivity index is 1.90. The summed E-state index contributed by atoms with van der Waals surface area (Å²) in [5, 5.41) is 13.9. The highest BCUT2D eigenvalue weighted by molar-refractivity contribution is 5.82. The smallest absolute Gasteiger partial charge is 0.200 e. The molecule has 0 aliphatic heterocycles. The van der Waals surface area contributed by atoms with Gasteiger partial charge in [0.15, 0.2) is 11.5 Å². The molecule has 0 radical (unpaired) electrons. The summed E-state index contributed by atoms with van der Waals surface area (Å²) in [5.74, 6) is 1.93. The van der Waals surface area contributed by atoms with Crippen LogP contribution < -0.4 is 14.8 Å². The number of phenols is 1. The maximum Gasteiger partial charge on any atom is 0.200 e. The largest absolute Gasteiger partial charge is 0.502 e. The van der Waals surface area contributed by atoms with Crippen LogP contribution in [0, 0.1) is 6.92 Å². The number of rotatable bonds is 6. The number of aryl methyl sites for hydroxylation is 1. The van der Waals surface area contributed by atoms with Crippen molar-refractivity contribution in [2.24, 2.45) is 0 Å². The molecule has 0 unspecified atom stereocenters. The lowest BCUT2D eigenvalue weighted by Gasteiger charge is -2.14. The first-order chi connectivity index (χ1) is 14.9. The van der Waals surface area contributed by atoms with Gasteiger partial charge in [-0.3, -0.25) is 4.40 Å². The zero-order chi connectivity index (χ0) is 22.1. The Bertz CT molecular complexity index is 1200. The van der Waals surface area contributed by atoms with Gasteiger partial charge < -0.3 is 19.9 Å². The zero-order valence-corrected chi connectivity index (χ0v) is 18.4. The van der Waals surface area contributed by atoms with Gasteiger partial charge in [0.2, 0.25) is 5.75 Å². The van der Waals surface area contributed by atoms with Crippen LogP contribution in [0.15, 0.2) is 54.6 Å². The lowest BCUT2D eigenvalue weighted by Crippen LogP contribution is -2.00. The molecule has 2 aromatic heterocycles. The number of aromatic hydroxyl groups is 1. The molecule has 2 N–H and O–H groups in total. The van der Waals surface area contributed by atoms with E-state index in [9.17, 15) is 5.11 Å². The van der Waals surface area contributed by atoms with E-state index in [4.69, 9.17) is 14.5 Å². The summed E-state index contributed by atoms with van der Waals surface area (Å²) in [6, 6.07) is 18.0. The van der Waals surface area contributed by atoms with Crippen molar-refractivity contribution in [3.8, 4) is 28.5 Å². The van der Waals surface area contributed by atoms with Crippen LogP contribution in [0.1, 0.15) is 31.0 Å². The summed E-state index contributed by atoms with van der Waals surface area (Å²) in [4.78, 5) is 4.87. The van der Waals surface area contributed by atoms with Crippen molar-refractivity contribution in [1.29, 1.82) is 0 Å². The number of hydrogen-bond acceptors (Lipinski definition) is 5. The van der Waals surface area contributed by atoms with Gasteiger partial charge in [-0.1, -0.05) is 32.0 Å². The Morgan fingerprint density at radius 1 is 0.968 bits per heavy atom. The van der Waals surface area contributed by atoms with Crippen molar-refractivity contribution in [1.82, 2.24) is 9.38 Å². The number of nitrogens with zero attached hydrogens (tertiary/aromatic N) is 2. The van der Waals surface area contributed by atoms with Crippen LogP contribution in [0.25, 0.3) is 16.9 Å². The number of ether oxygens (including phenoxy) is 2. The van der Waals surface area contributed by atoms with Crippen molar-refractivity contribution in [3.05, 3.63) is 65.9 Å². The second-order valence-corrected chi connectivity index (χ2v) is 7.80. The molecule has 0 aliphatic carbocycles. The molecular formula is C25H27N3O3. The van der Waals surface area contributed by atoms with Crippen molar-refractivity contribution < 1.29 is 14.6 Å². The van der Waals surface area contributed by atoms with Gasteiger partial charge in [-0.2, -0.15) is 0 Å². The van der Waals surface area contributed by atoms with Crippen LogP contribution in [0.2, 0.25) is 0 Å². The van der Waals surface area contributed by atoms with E-state index in [1.165, 1.54) is 19.8 Å². The first kappa shape index (κ1) is 20.6. The van der Waals surface area contributed by atoms with E-state index in [1.807, 2.05) is 25.1 Å². The SMILES string of the molecule is COc1cc(-c2nc3cccc(C)n3c2Nc2ccc(C(C)C)cc2)cc(OC)c1O. The summed E-state index contributed by atoms with van der Waals surface area (Å²) in [5.41, 5.74) is 5.63. The molecule has 4 aromatic rings. The summed E-state index contributed by atoms with van der Waals surface area (Å²) in [7, 11) is 3.03. The maximum atomic E-state index is 10.3. The highest BCUT2D eigenvalue weighted by atomic mass is 16.5. The lowest BCUT2D eigenvalue weighted by atomic mass is 10.0. The Kier molecular flexibility index (Phi) is 5.46. The van der Waals surface area contributed by atoms with Gasteiger partial charge in [0, 0.05) is 16.9 Å². The van der Waals surface area contributed by atoms with Crippen LogP contribution in [0.5, 0.6) is 17.2 Å². The number of fused-ring (bicyclic) bond motifs is 1. The number of hydrogen-bond donors (Lipinski definition) is 2. The van der Waals surface area contributed by atoms with E-state index in [0.29, 0.717) is 17.4 Å². The number of pyridine rings is 1. The third-order valence-electron chi connectivity index (χ3n) is 5.43. The highest BCUT2D eigenvalue weighted by Gasteiger charge is 2.20. The minimum absolute atomic E-state index is 0.0347. The Hall–Kier alpha value is -3.67. The first-order valence-corrected chi connectivity index (χ1v) is 10.2. The van der Waals surface area contributed by atoms with Gasteiger partial charge >= 0.3 is 0 Å². The van der Waals surface area contributed by atoms with Crippen LogP contribution in [-0.2, 0) is 0 Å². The van der Waals surface area contributed by atoms with Gasteiger partial charge in [0.1, 0.15) is 17.2 Å². The minimum atomic E-state index is -0.0347. The van der Waals surface area contributed by atoms with Crippen molar-refractivity contribution in [2.45, 2.75) is 26.7 Å². The standard InChI is InChI=1S/C25H27N3O3/c1-15(2)17-9-11-19(12-10-17)26-25-23(27-22-8-6-7-16(3)28(22)25)18-13-20(30-4)24(29)21(14-18)31-5/h6-15,26,29H,1-5H3. The van der Waals surface area contributed by atoms with E-state index in [2.05, 4.69) is 47.8 Å². The molecule has 4 rings (SSSR count). The molecule has 0 atom stereocenters. The first-order valence-electron chi connectivity index (χ1n) is 10.2. The number of imidazole rings is 1. The van der Waals surface area contributed by atoms with Gasteiger partial charge in [-0.15, -0.1) is 0 Å². The molecule has 0 fully saturated rings. The average Bonchev–Trinajstić information content (AvgIpc) is 3.14. The Labute approximate surface area is 182 Å². The topological polar surface area (TPSA) is 68.0 Å². The molecule has 0 amide bonds. The van der Waals surface area contributed by atoms with Crippen molar-refractivity contribution in [2.75, 3.05) is 19.5 Å². The fourth-order valence-electron chi connectivity index (χ4n) is 3.69. The molecule has 2 aromatic carbocycles. The lowest BCUT2D eigenvalue weighted by molar-refractivity contribution is 0.340. The Morgan fingerprint density at radius 2 is 1.61 bits per heavy atom. The molecule has 6 nitrogen and oxygen atoms in total. The molecule has 2 heterocycles. The summed E-state index contributed by atoms with van der Waals surface area (Å²) in [6.45, 7) is 6.41. The van der Waals surface area contributed by atoms with Crippen LogP contribution >= 0.6 is 0 Å². The maximum absolute atomic E-state index is 10.3. The molecule has 0 saturated carbocycles. The summed E-state index contributed by atoms with van der Waals surface area (Å²) >= 11 is 0. The van der Waals surface area contributed by atoms with E-state index in [0.717, 1.165) is 34.1 Å². The van der Waals surface area contributed by atoms with E-state index >= 15 is 0 Å². The number of aromatic nitrogens is 2.